The van der Waals surface area contributed by atoms with Gasteiger partial charge in [0.15, 0.2) is 11.6 Å². The molecule has 1 aliphatic carbocycles. The van der Waals surface area contributed by atoms with Crippen LogP contribution in [0.25, 0.3) is 138 Å². The topological polar surface area (TPSA) is 69.9 Å². The lowest BCUT2D eigenvalue weighted by Crippen LogP contribution is -2.15. The molecule has 1 aliphatic rings. The van der Waals surface area contributed by atoms with E-state index < -0.39 is 0 Å². The first kappa shape index (κ1) is 43.9. The van der Waals surface area contributed by atoms with Crippen molar-refractivity contribution < 1.29 is 8.83 Å². The lowest BCUT2D eigenvalue weighted by Gasteiger charge is -2.22. The Morgan fingerprint density at radius 3 is 1.55 bits per heavy atom. The maximum atomic E-state index is 6.44. The van der Waals surface area contributed by atoms with E-state index in [9.17, 15) is 0 Å². The Morgan fingerprint density at radius 1 is 0.411 bits per heavy atom. The molecule has 4 aromatic heterocycles. The van der Waals surface area contributed by atoms with Gasteiger partial charge in [-0.15, -0.1) is 13.2 Å². The number of hydrogen-bond acceptors (Lipinski definition) is 5. The zero-order chi connectivity index (χ0) is 49.5. The average Bonchev–Trinajstić information content (AvgIpc) is 4.18. The van der Waals surface area contributed by atoms with Gasteiger partial charge in [-0.2, -0.15) is 9.97 Å². The predicted octanol–water partition coefficient (Wildman–Crippen LogP) is 18.6. The molecule has 6 heteroatoms. The quantitative estimate of drug-likeness (QED) is 0.164. The third kappa shape index (κ3) is 6.74. The molecule has 6 nitrogen and oxygen atoms in total. The Hall–Kier alpha value is -9.13. The molecular weight excluding hydrogens is 893 g/mol. The van der Waals surface area contributed by atoms with Crippen molar-refractivity contribution in [1.29, 1.82) is 0 Å². The largest absolute Gasteiger partial charge is 0.456 e. The number of hydrogen-bond donors (Lipinski definition) is 0. The molecule has 4 heterocycles. The number of nitrogens with zero attached hydrogens (tertiary/aromatic N) is 4. The predicted molar refractivity (Wildman–Crippen MR) is 305 cm³/mol. The van der Waals surface area contributed by atoms with Crippen molar-refractivity contribution in [2.24, 2.45) is 0 Å². The fourth-order valence-corrected chi connectivity index (χ4v) is 11.4. The molecule has 0 unspecified atom stereocenters. The van der Waals surface area contributed by atoms with Crippen LogP contribution in [-0.4, -0.2) is 19.5 Å². The van der Waals surface area contributed by atoms with Crippen LogP contribution in [0.15, 0.2) is 216 Å². The first-order valence-corrected chi connectivity index (χ1v) is 25.1. The second-order valence-corrected chi connectivity index (χ2v) is 19.4. The molecular formula is C67H50N4O2. The van der Waals surface area contributed by atoms with Crippen molar-refractivity contribution in [1.82, 2.24) is 19.5 Å². The summed E-state index contributed by atoms with van der Waals surface area (Å²) < 4.78 is 15.2. The normalized spacial score (nSPS) is 12.7. The lowest BCUT2D eigenvalue weighted by molar-refractivity contribution is 0.661. The smallest absolute Gasteiger partial charge is 0.238 e. The number of fused-ring (bicyclic) bond motifs is 16. The second-order valence-electron chi connectivity index (χ2n) is 19.4. The molecule has 350 valence electrons. The summed E-state index contributed by atoms with van der Waals surface area (Å²) in [7, 11) is 0. The molecule has 0 bridgehead atoms. The van der Waals surface area contributed by atoms with Crippen LogP contribution in [0.2, 0.25) is 0 Å². The van der Waals surface area contributed by atoms with Gasteiger partial charge in [0.1, 0.15) is 22.3 Å². The van der Waals surface area contributed by atoms with Crippen LogP contribution in [0, 0.1) is 0 Å². The van der Waals surface area contributed by atoms with Gasteiger partial charge in [0.2, 0.25) is 5.95 Å². The maximum absolute atomic E-state index is 6.44. The Morgan fingerprint density at radius 2 is 0.904 bits per heavy atom. The Bertz CT molecular complexity index is 4400. The molecule has 0 atom stereocenters. The van der Waals surface area contributed by atoms with Crippen LogP contribution in [0.1, 0.15) is 45.2 Å². The summed E-state index contributed by atoms with van der Waals surface area (Å²) in [6, 6.07) is 69.0. The first-order valence-electron chi connectivity index (χ1n) is 25.1. The molecule has 0 radical (unpaired) electrons. The molecule has 0 fully saturated rings. The average molecular weight is 943 g/mol. The Labute approximate surface area is 422 Å². The number of rotatable bonds is 4. The van der Waals surface area contributed by atoms with Crippen molar-refractivity contribution in [3.05, 3.63) is 218 Å². The van der Waals surface area contributed by atoms with Gasteiger partial charge in [0.25, 0.3) is 0 Å². The van der Waals surface area contributed by atoms with E-state index in [0.717, 1.165) is 98.7 Å². The maximum Gasteiger partial charge on any atom is 0.238 e. The van der Waals surface area contributed by atoms with Crippen molar-refractivity contribution >= 4 is 87.2 Å². The van der Waals surface area contributed by atoms with Gasteiger partial charge >= 0.3 is 0 Å². The molecule has 10 aromatic carbocycles. The third-order valence-electron chi connectivity index (χ3n) is 14.6. The van der Waals surface area contributed by atoms with E-state index in [0.29, 0.717) is 17.6 Å². The van der Waals surface area contributed by atoms with Crippen LogP contribution >= 0.6 is 0 Å². The second kappa shape index (κ2) is 17.0. The highest BCUT2D eigenvalue weighted by Crippen LogP contribution is 2.53. The minimum atomic E-state index is -0.207. The van der Waals surface area contributed by atoms with E-state index in [4.69, 9.17) is 23.8 Å². The minimum absolute atomic E-state index is 0.207. The van der Waals surface area contributed by atoms with Crippen molar-refractivity contribution in [2.75, 3.05) is 0 Å². The fraction of sp³-hybridized carbons (Fsp3) is 0.0896. The third-order valence-corrected chi connectivity index (χ3v) is 14.6. The molecule has 15 rings (SSSR count). The summed E-state index contributed by atoms with van der Waals surface area (Å²) in [4.78, 5) is 16.3. The standard InChI is InChI=1S/C62H38N4O2.C3H8.C2H4/c1-62(2)50-31-26-35-12-3-5-14-40(35)56(50)49-30-23-37(32-51(49)62)42-18-11-19-47-48-29-22-36-13-4-6-15-41(36)57(48)66(58(42)47)61-64-59(38-24-27-45-43-16-7-9-20-52(43)67-54(45)33-38)63-60(65-61)39-25-28-46-44-17-8-10-21-53(44)68-55(46)34-39;1-3-2;1-2/h3-34H,1-2H3;3H2,1-2H3;1-2H2. The molecule has 0 saturated heterocycles. The Kier molecular flexibility index (Phi) is 10.2. The highest BCUT2D eigenvalue weighted by Gasteiger charge is 2.37. The van der Waals surface area contributed by atoms with Crippen LogP contribution in [-0.2, 0) is 5.41 Å². The summed E-state index contributed by atoms with van der Waals surface area (Å²) in [6.07, 6.45) is 1.25. The van der Waals surface area contributed by atoms with E-state index in [1.165, 1.54) is 39.4 Å². The molecule has 0 saturated carbocycles. The summed E-state index contributed by atoms with van der Waals surface area (Å²) in [5, 5.41) is 11.3. The van der Waals surface area contributed by atoms with E-state index in [-0.39, 0.29) is 5.41 Å². The van der Waals surface area contributed by atoms with E-state index in [1.807, 2.05) is 36.4 Å². The van der Waals surface area contributed by atoms with E-state index in [1.54, 1.807) is 0 Å². The Balaban J connectivity index is 0.000000998. The summed E-state index contributed by atoms with van der Waals surface area (Å²) in [6.45, 7) is 15.0. The minimum Gasteiger partial charge on any atom is -0.456 e. The van der Waals surface area contributed by atoms with Crippen molar-refractivity contribution in [3.63, 3.8) is 0 Å². The fourth-order valence-electron chi connectivity index (χ4n) is 11.4. The van der Waals surface area contributed by atoms with Gasteiger partial charge in [-0.25, -0.2) is 4.98 Å². The van der Waals surface area contributed by atoms with Crippen LogP contribution in [0.4, 0.5) is 0 Å². The van der Waals surface area contributed by atoms with Crippen LogP contribution in [0.3, 0.4) is 0 Å². The van der Waals surface area contributed by atoms with Gasteiger partial charge in [-0.1, -0.05) is 186 Å². The summed E-state index contributed by atoms with van der Waals surface area (Å²) in [5.41, 5.74) is 14.3. The van der Waals surface area contributed by atoms with Gasteiger partial charge < -0.3 is 8.83 Å². The molecule has 0 spiro atoms. The SMILES string of the molecule is C=C.CC1(C)c2cc(-c3cccc4c5ccc6ccccc6c5n(-c5nc(-c6ccc7c(c6)oc6ccccc67)nc(-c6ccc7c(c6)oc6ccccc67)n5)c34)ccc2-c2c1ccc1ccccc21.CCC. The summed E-state index contributed by atoms with van der Waals surface area (Å²) >= 11 is 0. The highest BCUT2D eigenvalue weighted by molar-refractivity contribution is 6.21. The number of aromatic nitrogens is 4. The van der Waals surface area contributed by atoms with Crippen LogP contribution < -0.4 is 0 Å². The molecule has 73 heavy (non-hydrogen) atoms. The molecule has 14 aromatic rings. The number of para-hydroxylation sites is 3. The zero-order valence-corrected chi connectivity index (χ0v) is 41.2. The molecule has 0 N–H and O–H groups in total. The van der Waals surface area contributed by atoms with Gasteiger partial charge in [0, 0.05) is 59.8 Å². The highest BCUT2D eigenvalue weighted by atomic mass is 16.3. The van der Waals surface area contributed by atoms with Crippen molar-refractivity contribution in [2.45, 2.75) is 39.5 Å². The first-order chi connectivity index (χ1) is 35.9. The lowest BCUT2D eigenvalue weighted by atomic mass is 9.81. The van der Waals surface area contributed by atoms with E-state index in [2.05, 4.69) is 203 Å². The number of furan rings is 2. The van der Waals surface area contributed by atoms with Crippen molar-refractivity contribution in [3.8, 4) is 51.0 Å². The monoisotopic (exact) mass is 942 g/mol. The van der Waals surface area contributed by atoms with Gasteiger partial charge in [-0.3, -0.25) is 4.57 Å². The molecule has 0 aliphatic heterocycles. The molecule has 0 amide bonds. The zero-order valence-electron chi connectivity index (χ0n) is 41.2. The van der Waals surface area contributed by atoms with E-state index >= 15 is 0 Å². The van der Waals surface area contributed by atoms with Gasteiger partial charge in [-0.05, 0) is 86.4 Å². The number of benzene rings is 10. The van der Waals surface area contributed by atoms with Crippen LogP contribution in [0.5, 0.6) is 0 Å². The summed E-state index contributed by atoms with van der Waals surface area (Å²) in [5.74, 6) is 1.59. The van der Waals surface area contributed by atoms with Gasteiger partial charge in [0.05, 0.1) is 11.0 Å².